The third kappa shape index (κ3) is 3.49. The molecule has 1 saturated heterocycles. The summed E-state index contributed by atoms with van der Waals surface area (Å²) in [5.74, 6) is -0.522. The van der Waals surface area contributed by atoms with Gasteiger partial charge in [-0.25, -0.2) is 14.6 Å². The van der Waals surface area contributed by atoms with Crippen LogP contribution in [0.15, 0.2) is 0 Å². The lowest BCUT2D eigenvalue weighted by Gasteiger charge is -2.26. The molecule has 0 aromatic carbocycles. The summed E-state index contributed by atoms with van der Waals surface area (Å²) in [6.07, 6.45) is 1.70. The van der Waals surface area contributed by atoms with Crippen molar-refractivity contribution < 1.29 is 14.7 Å². The van der Waals surface area contributed by atoms with Crippen LogP contribution in [0.1, 0.15) is 30.3 Å². The molecule has 0 radical (unpaired) electrons. The molecule has 21 heavy (non-hydrogen) atoms. The van der Waals surface area contributed by atoms with Gasteiger partial charge in [-0.15, -0.1) is 23.1 Å². The third-order valence-corrected chi connectivity index (χ3v) is 5.73. The zero-order chi connectivity index (χ0) is 15.6. The molecule has 1 aromatic heterocycles. The molecule has 2 unspecified atom stereocenters. The van der Waals surface area contributed by atoms with Gasteiger partial charge in [-0.2, -0.15) is 0 Å². The summed E-state index contributed by atoms with van der Waals surface area (Å²) in [4.78, 5) is 30.5. The van der Waals surface area contributed by atoms with Crippen molar-refractivity contribution in [3.8, 4) is 0 Å². The van der Waals surface area contributed by atoms with Crippen LogP contribution in [0, 0.1) is 13.8 Å². The fourth-order valence-corrected chi connectivity index (χ4v) is 4.50. The number of urea groups is 1. The minimum Gasteiger partial charge on any atom is -0.480 e. The van der Waals surface area contributed by atoms with E-state index in [1.54, 1.807) is 0 Å². The van der Waals surface area contributed by atoms with Gasteiger partial charge in [0.15, 0.2) is 5.13 Å². The number of aliphatic carboxylic acids is 1. The van der Waals surface area contributed by atoms with Gasteiger partial charge in [0.2, 0.25) is 0 Å². The molecule has 6 nitrogen and oxygen atoms in total. The van der Waals surface area contributed by atoms with Gasteiger partial charge in [0.05, 0.1) is 11.1 Å². The van der Waals surface area contributed by atoms with Crippen molar-refractivity contribution in [2.24, 2.45) is 0 Å². The van der Waals surface area contributed by atoms with E-state index in [-0.39, 0.29) is 11.4 Å². The predicted molar refractivity (Wildman–Crippen MR) is 85.0 cm³/mol. The van der Waals surface area contributed by atoms with Gasteiger partial charge in [-0.1, -0.05) is 13.3 Å². The summed E-state index contributed by atoms with van der Waals surface area (Å²) in [7, 11) is 0. The zero-order valence-corrected chi connectivity index (χ0v) is 13.9. The molecule has 2 heterocycles. The fourth-order valence-electron chi connectivity index (χ4n) is 2.18. The maximum atomic E-state index is 12.4. The Hall–Kier alpha value is -1.28. The van der Waals surface area contributed by atoms with Crippen molar-refractivity contribution >= 4 is 40.2 Å². The van der Waals surface area contributed by atoms with E-state index in [0.29, 0.717) is 10.9 Å². The molecule has 1 aliphatic rings. The van der Waals surface area contributed by atoms with Crippen molar-refractivity contribution in [2.75, 3.05) is 11.1 Å². The molecule has 116 valence electrons. The number of hydrogen-bond donors (Lipinski definition) is 2. The van der Waals surface area contributed by atoms with Crippen molar-refractivity contribution in [3.63, 3.8) is 0 Å². The van der Waals surface area contributed by atoms with E-state index in [2.05, 4.69) is 10.3 Å². The largest absolute Gasteiger partial charge is 0.480 e. The molecule has 1 aliphatic heterocycles. The predicted octanol–water partition coefficient (Wildman–Crippen LogP) is 2.92. The summed E-state index contributed by atoms with van der Waals surface area (Å²) in [6.45, 7) is 5.85. The second-order valence-electron chi connectivity index (χ2n) is 4.93. The van der Waals surface area contributed by atoms with Gasteiger partial charge in [-0.3, -0.25) is 10.2 Å². The van der Waals surface area contributed by atoms with Crippen LogP contribution in [0.5, 0.6) is 0 Å². The molecule has 2 N–H and O–H groups in total. The van der Waals surface area contributed by atoms with Crippen LogP contribution < -0.4 is 5.32 Å². The number of carbonyl (C=O) groups excluding carboxylic acids is 1. The van der Waals surface area contributed by atoms with Gasteiger partial charge >= 0.3 is 12.0 Å². The molecule has 0 aliphatic carbocycles. The Bertz CT molecular complexity index is 527. The maximum absolute atomic E-state index is 12.4. The number of hydrogen-bond acceptors (Lipinski definition) is 5. The Labute approximate surface area is 131 Å². The molecule has 1 fully saturated rings. The van der Waals surface area contributed by atoms with Crippen molar-refractivity contribution in [2.45, 2.75) is 45.0 Å². The minimum absolute atomic E-state index is 0.0849. The highest BCUT2D eigenvalue weighted by Gasteiger charge is 2.41. The number of carbonyl (C=O) groups is 2. The smallest absolute Gasteiger partial charge is 0.327 e. The number of thiazole rings is 1. The van der Waals surface area contributed by atoms with Gasteiger partial charge in [-0.05, 0) is 20.3 Å². The van der Waals surface area contributed by atoms with E-state index in [4.69, 9.17) is 0 Å². The lowest BCUT2D eigenvalue weighted by Crippen LogP contribution is -2.47. The normalized spacial score (nSPS) is 21.6. The second-order valence-corrected chi connectivity index (χ2v) is 7.34. The number of amides is 2. The van der Waals surface area contributed by atoms with Crippen molar-refractivity contribution in [1.29, 1.82) is 0 Å². The Kier molecular flexibility index (Phi) is 5.10. The SMILES string of the molecule is CCCC1SCC(C(=O)O)N1C(=O)Nc1nc(C)c(C)s1. The molecule has 2 amide bonds. The quantitative estimate of drug-likeness (QED) is 0.887. The lowest BCUT2D eigenvalue weighted by atomic mass is 10.2. The summed E-state index contributed by atoms with van der Waals surface area (Å²) in [5.41, 5.74) is 0.881. The molecule has 8 heteroatoms. The number of carboxylic acid groups (broad SMARTS) is 1. The van der Waals surface area contributed by atoms with Crippen LogP contribution in [-0.2, 0) is 4.79 Å². The number of aryl methyl sites for hydroxylation is 2. The maximum Gasteiger partial charge on any atom is 0.327 e. The first kappa shape index (κ1) is 16.1. The minimum atomic E-state index is -0.956. The Morgan fingerprint density at radius 3 is 2.71 bits per heavy atom. The average Bonchev–Trinajstić information content (AvgIpc) is 2.94. The Morgan fingerprint density at radius 2 is 2.19 bits per heavy atom. The summed E-state index contributed by atoms with van der Waals surface area (Å²) < 4.78 is 0. The number of rotatable bonds is 4. The Balaban J connectivity index is 2.14. The third-order valence-electron chi connectivity index (χ3n) is 3.39. The molecular weight excluding hydrogens is 310 g/mol. The van der Waals surface area contributed by atoms with Gasteiger partial charge in [0.1, 0.15) is 6.04 Å². The van der Waals surface area contributed by atoms with Gasteiger partial charge < -0.3 is 5.11 Å². The lowest BCUT2D eigenvalue weighted by molar-refractivity contribution is -0.141. The molecule has 0 bridgehead atoms. The molecule has 0 saturated carbocycles. The molecule has 1 aromatic rings. The van der Waals surface area contributed by atoms with Crippen LogP contribution in [-0.4, -0.2) is 44.2 Å². The van der Waals surface area contributed by atoms with Gasteiger partial charge in [0, 0.05) is 10.6 Å². The van der Waals surface area contributed by atoms with Crippen LogP contribution in [0.3, 0.4) is 0 Å². The fraction of sp³-hybridized carbons (Fsp3) is 0.615. The Morgan fingerprint density at radius 1 is 1.48 bits per heavy atom. The number of anilines is 1. The molecule has 2 rings (SSSR count). The highest BCUT2D eigenvalue weighted by atomic mass is 32.2. The van der Waals surface area contributed by atoms with E-state index >= 15 is 0 Å². The number of nitrogens with zero attached hydrogens (tertiary/aromatic N) is 2. The van der Waals surface area contributed by atoms with Crippen LogP contribution in [0.25, 0.3) is 0 Å². The summed E-state index contributed by atoms with van der Waals surface area (Å²) in [6, 6.07) is -1.15. The average molecular weight is 329 g/mol. The van der Waals surface area contributed by atoms with E-state index in [1.807, 2.05) is 20.8 Å². The highest BCUT2D eigenvalue weighted by Crippen LogP contribution is 2.33. The van der Waals surface area contributed by atoms with E-state index in [9.17, 15) is 14.7 Å². The zero-order valence-electron chi connectivity index (χ0n) is 12.3. The number of nitrogens with one attached hydrogen (secondary N) is 1. The first-order valence-corrected chi connectivity index (χ1v) is 8.68. The van der Waals surface area contributed by atoms with E-state index in [0.717, 1.165) is 23.4 Å². The highest BCUT2D eigenvalue weighted by molar-refractivity contribution is 8.00. The van der Waals surface area contributed by atoms with Crippen LogP contribution in [0.4, 0.5) is 9.93 Å². The van der Waals surface area contributed by atoms with E-state index < -0.39 is 12.0 Å². The standard InChI is InChI=1S/C13H19N3O3S2/c1-4-5-10-16(9(6-20-10)11(17)18)13(19)15-12-14-7(2)8(3)21-12/h9-10H,4-6H2,1-3H3,(H,17,18)(H,14,15,19). The monoisotopic (exact) mass is 329 g/mol. The number of carboxylic acids is 1. The molecule has 0 spiro atoms. The second kappa shape index (κ2) is 6.65. The molecular formula is C13H19N3O3S2. The molecule has 2 atom stereocenters. The number of thioether (sulfide) groups is 1. The van der Waals surface area contributed by atoms with Crippen LogP contribution >= 0.6 is 23.1 Å². The summed E-state index contributed by atoms with van der Waals surface area (Å²) >= 11 is 2.93. The van der Waals surface area contributed by atoms with Crippen molar-refractivity contribution in [1.82, 2.24) is 9.88 Å². The first-order chi connectivity index (χ1) is 9.93. The van der Waals surface area contributed by atoms with Gasteiger partial charge in [0.25, 0.3) is 0 Å². The van der Waals surface area contributed by atoms with Crippen molar-refractivity contribution in [3.05, 3.63) is 10.6 Å². The van der Waals surface area contributed by atoms with E-state index in [1.165, 1.54) is 28.0 Å². The summed E-state index contributed by atoms with van der Waals surface area (Å²) in [5, 5.41) is 12.5. The number of aromatic nitrogens is 1. The first-order valence-electron chi connectivity index (χ1n) is 6.81. The topological polar surface area (TPSA) is 82.5 Å². The van der Waals surface area contributed by atoms with Crippen LogP contribution in [0.2, 0.25) is 0 Å².